The third kappa shape index (κ3) is 3.44. The molecule has 10 heteroatoms. The Morgan fingerprint density at radius 2 is 1.94 bits per heavy atom. The molecule has 0 spiro atoms. The van der Waals surface area contributed by atoms with Crippen LogP contribution in [0.2, 0.25) is 0 Å². The van der Waals surface area contributed by atoms with Gasteiger partial charge >= 0.3 is 0 Å². The van der Waals surface area contributed by atoms with Gasteiger partial charge in [-0.3, -0.25) is 29.4 Å². The van der Waals surface area contributed by atoms with Crippen molar-refractivity contribution in [2.75, 3.05) is 5.32 Å². The van der Waals surface area contributed by atoms with E-state index < -0.39 is 47.8 Å². The maximum atomic E-state index is 13.2. The third-order valence-corrected chi connectivity index (χ3v) is 6.02. The Hall–Kier alpha value is -3.92. The van der Waals surface area contributed by atoms with Crippen LogP contribution in [0.25, 0.3) is 10.6 Å². The van der Waals surface area contributed by atoms with Crippen LogP contribution in [0.5, 0.6) is 0 Å². The van der Waals surface area contributed by atoms with Crippen LogP contribution < -0.4 is 10.6 Å². The molecule has 0 saturated carbocycles. The number of amides is 4. The van der Waals surface area contributed by atoms with Gasteiger partial charge in [0.1, 0.15) is 16.1 Å². The summed E-state index contributed by atoms with van der Waals surface area (Å²) < 4.78 is 39.6. The number of carbonyl (C=O) groups excluding carboxylic acids is 4. The smallest absolute Gasteiger partial charge is 0.264 e. The lowest BCUT2D eigenvalue weighted by molar-refractivity contribution is -0.136. The number of benzene rings is 2. The van der Waals surface area contributed by atoms with E-state index in [2.05, 4.69) is 20.8 Å². The molecule has 0 radical (unpaired) electrons. The molecule has 1 fully saturated rings. The number of anilines is 1. The second-order valence-electron chi connectivity index (χ2n) is 7.03. The topological polar surface area (TPSA) is 121 Å². The monoisotopic (exact) mass is 452 g/mol. The fourth-order valence-electron chi connectivity index (χ4n) is 3.62. The summed E-state index contributed by atoms with van der Waals surface area (Å²) in [7, 11) is 0. The molecule has 3 aromatic rings. The van der Waals surface area contributed by atoms with Crippen LogP contribution >= 0.6 is 11.3 Å². The largest absolute Gasteiger partial charge is 0.378 e. The summed E-state index contributed by atoms with van der Waals surface area (Å²) in [6, 6.07) is 1.33. The van der Waals surface area contributed by atoms with Crippen molar-refractivity contribution in [2.45, 2.75) is 25.4 Å². The number of hydrogen-bond donors (Lipinski definition) is 2. The summed E-state index contributed by atoms with van der Waals surface area (Å²) in [5.41, 5.74) is 0.477. The van der Waals surface area contributed by atoms with Gasteiger partial charge in [-0.05, 0) is 18.6 Å². The molecule has 1 unspecified atom stereocenters. The summed E-state index contributed by atoms with van der Waals surface area (Å²) in [5.74, 6) is -2.44. The molecule has 2 aliphatic heterocycles. The molecule has 1 atom stereocenters. The lowest BCUT2D eigenvalue weighted by Gasteiger charge is -2.27. The summed E-state index contributed by atoms with van der Waals surface area (Å²) >= 11 is 1.02. The summed E-state index contributed by atoms with van der Waals surface area (Å²) in [4.78, 5) is 50.8. The molecule has 0 bridgehead atoms. The zero-order chi connectivity index (χ0) is 26.6. The van der Waals surface area contributed by atoms with E-state index in [-0.39, 0.29) is 53.2 Å². The minimum atomic E-state index is -1.08. The molecule has 2 N–H and O–H groups in total. The molecule has 1 saturated heterocycles. The first kappa shape index (κ1) is 15.0. The number of nitrogens with one attached hydrogen (secondary N) is 2. The van der Waals surface area contributed by atoms with E-state index in [4.69, 9.17) is 6.85 Å². The lowest BCUT2D eigenvalue weighted by atomic mass is 10.0. The van der Waals surface area contributed by atoms with Crippen molar-refractivity contribution in [2.24, 2.45) is 0 Å². The normalized spacial score (nSPS) is 20.2. The maximum absolute atomic E-state index is 13.2. The number of imide groups is 2. The van der Waals surface area contributed by atoms with Crippen molar-refractivity contribution in [1.29, 1.82) is 0 Å². The van der Waals surface area contributed by atoms with Crippen molar-refractivity contribution in [3.05, 3.63) is 64.5 Å². The second kappa shape index (κ2) is 7.97. The zero-order valence-electron chi connectivity index (χ0n) is 21.3. The minimum absolute atomic E-state index is 0.0162. The van der Waals surface area contributed by atoms with Crippen LogP contribution in [0.3, 0.4) is 0 Å². The highest BCUT2D eigenvalue weighted by Gasteiger charge is 2.45. The van der Waals surface area contributed by atoms with Crippen molar-refractivity contribution in [3.63, 3.8) is 0 Å². The molecular weight excluding hydrogens is 430 g/mol. The van der Waals surface area contributed by atoms with Crippen molar-refractivity contribution < 1.29 is 26.0 Å². The van der Waals surface area contributed by atoms with Crippen molar-refractivity contribution >= 4 is 40.7 Å². The van der Waals surface area contributed by atoms with Gasteiger partial charge in [0.2, 0.25) is 11.8 Å². The quantitative estimate of drug-likeness (QED) is 0.569. The van der Waals surface area contributed by atoms with Crippen LogP contribution in [-0.4, -0.2) is 44.8 Å². The Kier molecular flexibility index (Phi) is 3.73. The average Bonchev–Trinajstić information content (AvgIpc) is 3.43. The van der Waals surface area contributed by atoms with Crippen LogP contribution in [-0.2, 0) is 16.1 Å². The molecule has 0 aliphatic carbocycles. The molecular formula is C22H17N5O4S. The van der Waals surface area contributed by atoms with Gasteiger partial charge in [0, 0.05) is 17.7 Å². The van der Waals surface area contributed by atoms with Gasteiger partial charge in [-0.1, -0.05) is 47.6 Å². The maximum Gasteiger partial charge on any atom is 0.264 e. The summed E-state index contributed by atoms with van der Waals surface area (Å²) in [6.07, 6.45) is 0.0615. The Bertz CT molecular complexity index is 1500. The Labute approximate surface area is 193 Å². The van der Waals surface area contributed by atoms with E-state index in [1.54, 1.807) is 12.1 Å². The van der Waals surface area contributed by atoms with Gasteiger partial charge < -0.3 is 5.32 Å². The van der Waals surface area contributed by atoms with Gasteiger partial charge in [-0.15, -0.1) is 10.2 Å². The molecule has 2 aliphatic rings. The number of rotatable bonds is 5. The standard InChI is InChI=1S/C22H17N5O4S/c28-16-10-9-15(19(29)24-16)27-21(30)13-7-4-8-14(18(13)22(27)31)23-11-17-25-26-20(32-17)12-5-2-1-3-6-12/h1-8,15,23H,9-11H2,(H,24,28,29)/i1D,2D,3D,5D,6D. The van der Waals surface area contributed by atoms with Gasteiger partial charge in [0.05, 0.1) is 24.5 Å². The predicted octanol–water partition coefficient (Wildman–Crippen LogP) is 2.22. The predicted molar refractivity (Wildman–Crippen MR) is 116 cm³/mol. The molecule has 4 amide bonds. The van der Waals surface area contributed by atoms with Gasteiger partial charge in [-0.25, -0.2) is 0 Å². The minimum Gasteiger partial charge on any atom is -0.378 e. The third-order valence-electron chi connectivity index (χ3n) is 5.08. The van der Waals surface area contributed by atoms with Crippen LogP contribution in [0.15, 0.2) is 48.4 Å². The van der Waals surface area contributed by atoms with Crippen LogP contribution in [0.4, 0.5) is 5.69 Å². The Balaban J connectivity index is 1.39. The second-order valence-corrected chi connectivity index (χ2v) is 8.09. The summed E-state index contributed by atoms with van der Waals surface area (Å²) in [6.45, 7) is 0.0622. The van der Waals surface area contributed by atoms with E-state index in [1.807, 2.05) is 0 Å². The van der Waals surface area contributed by atoms with Gasteiger partial charge in [0.25, 0.3) is 11.8 Å². The fourth-order valence-corrected chi connectivity index (χ4v) is 4.35. The molecule has 1 aromatic heterocycles. The molecule has 160 valence electrons. The first-order chi connectivity index (χ1) is 17.6. The Morgan fingerprint density at radius 1 is 1.12 bits per heavy atom. The van der Waals surface area contributed by atoms with Crippen molar-refractivity contribution in [3.8, 4) is 10.6 Å². The van der Waals surface area contributed by atoms with Crippen LogP contribution in [0.1, 0.15) is 45.4 Å². The first-order valence-electron chi connectivity index (χ1n) is 12.1. The highest BCUT2D eigenvalue weighted by atomic mass is 32.1. The molecule has 32 heavy (non-hydrogen) atoms. The SMILES string of the molecule is [2H]c1c([2H])c([2H])c(-c2nnc(CNc3cccc4c3C(=O)N(C3CCC(=O)NC3=O)C4=O)s2)c([2H])c1[2H]. The highest BCUT2D eigenvalue weighted by molar-refractivity contribution is 7.14. The average molecular weight is 453 g/mol. The van der Waals surface area contributed by atoms with E-state index in [0.29, 0.717) is 10.7 Å². The lowest BCUT2D eigenvalue weighted by Crippen LogP contribution is -2.54. The number of carbonyl (C=O) groups is 4. The van der Waals surface area contributed by atoms with E-state index >= 15 is 0 Å². The van der Waals surface area contributed by atoms with Crippen LogP contribution in [0, 0.1) is 0 Å². The van der Waals surface area contributed by atoms with Gasteiger partial charge in [-0.2, -0.15) is 0 Å². The van der Waals surface area contributed by atoms with E-state index in [1.165, 1.54) is 6.07 Å². The molecule has 9 nitrogen and oxygen atoms in total. The highest BCUT2D eigenvalue weighted by Crippen LogP contribution is 2.33. The van der Waals surface area contributed by atoms with E-state index in [9.17, 15) is 19.2 Å². The number of nitrogens with zero attached hydrogens (tertiary/aromatic N) is 3. The fraction of sp³-hybridized carbons (Fsp3) is 0.182. The molecule has 5 rings (SSSR count). The first-order valence-corrected chi connectivity index (χ1v) is 10.4. The van der Waals surface area contributed by atoms with E-state index in [0.717, 1.165) is 16.2 Å². The number of piperidine rings is 1. The number of fused-ring (bicyclic) bond motifs is 1. The Morgan fingerprint density at radius 3 is 2.72 bits per heavy atom. The molecule has 3 heterocycles. The van der Waals surface area contributed by atoms with Crippen molar-refractivity contribution in [1.82, 2.24) is 20.4 Å². The number of hydrogen-bond acceptors (Lipinski definition) is 8. The van der Waals surface area contributed by atoms with Gasteiger partial charge in [0.15, 0.2) is 0 Å². The molecule has 2 aromatic carbocycles. The number of aromatic nitrogens is 2. The zero-order valence-corrected chi connectivity index (χ0v) is 17.1. The summed E-state index contributed by atoms with van der Waals surface area (Å²) in [5, 5.41) is 13.7.